The summed E-state index contributed by atoms with van der Waals surface area (Å²) < 4.78 is 0. The van der Waals surface area contributed by atoms with Crippen LogP contribution in [0.5, 0.6) is 0 Å². The van der Waals surface area contributed by atoms with Crippen molar-refractivity contribution in [3.05, 3.63) is 52.9 Å². The van der Waals surface area contributed by atoms with Gasteiger partial charge in [-0.1, -0.05) is 18.2 Å². The molecule has 0 aliphatic carbocycles. The van der Waals surface area contributed by atoms with Gasteiger partial charge in [0, 0.05) is 11.8 Å². The number of aryl methyl sites for hydroxylation is 1. The summed E-state index contributed by atoms with van der Waals surface area (Å²) >= 11 is 0. The highest BCUT2D eigenvalue weighted by Gasteiger charge is 2.35. The number of rotatable bonds is 4. The molecule has 0 aromatic carbocycles. The molecule has 2 heterocycles. The summed E-state index contributed by atoms with van der Waals surface area (Å²) in [5.41, 5.74) is 2.46. The van der Waals surface area contributed by atoms with Crippen molar-refractivity contribution in [2.24, 2.45) is 0 Å². The van der Waals surface area contributed by atoms with Crippen LogP contribution in [-0.2, 0) is 21.0 Å². The molecule has 0 saturated carbocycles. The number of hydrogen-bond donors (Lipinski definition) is 0. The van der Waals surface area contributed by atoms with Crippen molar-refractivity contribution in [3.63, 3.8) is 0 Å². The lowest BCUT2D eigenvalue weighted by molar-refractivity contribution is -0.190. The Bertz CT molecular complexity index is 600. The number of pyridine rings is 1. The van der Waals surface area contributed by atoms with Gasteiger partial charge in [-0.05, 0) is 32.4 Å². The second-order valence-corrected chi connectivity index (χ2v) is 4.54. The molecule has 0 bridgehead atoms. The highest BCUT2D eigenvalue weighted by molar-refractivity contribution is 6.19. The largest absolute Gasteiger partial charge is 0.285 e. The summed E-state index contributed by atoms with van der Waals surface area (Å²) in [6.45, 7) is 5.41. The zero-order valence-corrected chi connectivity index (χ0v) is 11.7. The van der Waals surface area contributed by atoms with E-state index < -0.39 is 11.8 Å². The molecule has 0 unspecified atom stereocenters. The number of imide groups is 1. The molecule has 0 atom stereocenters. The van der Waals surface area contributed by atoms with E-state index in [4.69, 9.17) is 4.84 Å². The van der Waals surface area contributed by atoms with Crippen LogP contribution in [0.25, 0.3) is 0 Å². The number of carbonyl (C=O) groups is 2. The Morgan fingerprint density at radius 2 is 2.00 bits per heavy atom. The summed E-state index contributed by atoms with van der Waals surface area (Å²) in [7, 11) is 0. The molecule has 0 N–H and O–H groups in total. The van der Waals surface area contributed by atoms with Gasteiger partial charge in [-0.2, -0.15) is 0 Å². The molecule has 2 amide bonds. The Labute approximate surface area is 117 Å². The molecular weight excluding hydrogens is 256 g/mol. The molecule has 0 saturated heterocycles. The van der Waals surface area contributed by atoms with Crippen LogP contribution in [0, 0.1) is 6.92 Å². The van der Waals surface area contributed by atoms with Gasteiger partial charge in [0.1, 0.15) is 6.61 Å². The fourth-order valence-corrected chi connectivity index (χ4v) is 1.82. The lowest BCUT2D eigenvalue weighted by Crippen LogP contribution is -2.31. The topological polar surface area (TPSA) is 59.5 Å². The molecule has 0 radical (unpaired) electrons. The van der Waals surface area contributed by atoms with Crippen LogP contribution < -0.4 is 0 Å². The van der Waals surface area contributed by atoms with Crippen molar-refractivity contribution in [3.8, 4) is 0 Å². The highest BCUT2D eigenvalue weighted by atomic mass is 16.7. The molecule has 1 aromatic heterocycles. The third-order valence-electron chi connectivity index (χ3n) is 2.97. The average molecular weight is 272 g/mol. The van der Waals surface area contributed by atoms with E-state index in [9.17, 15) is 9.59 Å². The summed E-state index contributed by atoms with van der Waals surface area (Å²) in [6.07, 6.45) is 5.04. The third kappa shape index (κ3) is 2.67. The van der Waals surface area contributed by atoms with Crippen LogP contribution in [0.3, 0.4) is 0 Å². The van der Waals surface area contributed by atoms with Gasteiger partial charge in [0.2, 0.25) is 0 Å². The second kappa shape index (κ2) is 5.79. The van der Waals surface area contributed by atoms with Crippen LogP contribution >= 0.6 is 0 Å². The smallest absolute Gasteiger partial charge is 0.267 e. The van der Waals surface area contributed by atoms with Crippen molar-refractivity contribution in [1.82, 2.24) is 10.0 Å². The van der Waals surface area contributed by atoms with Crippen molar-refractivity contribution >= 4 is 11.8 Å². The molecule has 0 spiro atoms. The van der Waals surface area contributed by atoms with Crippen molar-refractivity contribution in [2.75, 3.05) is 0 Å². The zero-order valence-electron chi connectivity index (χ0n) is 11.7. The molecule has 5 nitrogen and oxygen atoms in total. The molecule has 1 aromatic rings. The second-order valence-electron chi connectivity index (χ2n) is 4.54. The Hall–Kier alpha value is -2.27. The van der Waals surface area contributed by atoms with Crippen molar-refractivity contribution in [1.29, 1.82) is 0 Å². The number of nitrogens with zero attached hydrogens (tertiary/aromatic N) is 2. The Balaban J connectivity index is 2.07. The minimum atomic E-state index is -0.433. The summed E-state index contributed by atoms with van der Waals surface area (Å²) in [5.74, 6) is -0.854. The van der Waals surface area contributed by atoms with Gasteiger partial charge in [-0.25, -0.2) is 0 Å². The van der Waals surface area contributed by atoms with Crippen LogP contribution in [0.15, 0.2) is 41.6 Å². The van der Waals surface area contributed by atoms with Crippen LogP contribution in [0.1, 0.15) is 25.1 Å². The standard InChI is InChI=1S/C15H16N2O3/c1-4-5-13-11(3)14(18)17(15(13)19)20-9-12-7-6-10(2)8-16-12/h4-8H,9H2,1-3H3/b5-4-. The first-order chi connectivity index (χ1) is 9.54. The Morgan fingerprint density at radius 1 is 1.25 bits per heavy atom. The number of amides is 2. The molecule has 2 rings (SSSR count). The van der Waals surface area contributed by atoms with Gasteiger partial charge in [0.15, 0.2) is 0 Å². The SMILES string of the molecule is C/C=C\C1=C(C)C(=O)N(OCc2ccc(C)cn2)C1=O. The van der Waals surface area contributed by atoms with E-state index in [-0.39, 0.29) is 6.61 Å². The van der Waals surface area contributed by atoms with Gasteiger partial charge in [-0.15, -0.1) is 5.06 Å². The van der Waals surface area contributed by atoms with Crippen LogP contribution in [0.2, 0.25) is 0 Å². The van der Waals surface area contributed by atoms with Gasteiger partial charge in [-0.3, -0.25) is 19.4 Å². The Morgan fingerprint density at radius 3 is 2.60 bits per heavy atom. The summed E-state index contributed by atoms with van der Waals surface area (Å²) in [6, 6.07) is 3.70. The van der Waals surface area contributed by atoms with Gasteiger partial charge in [0.05, 0.1) is 11.3 Å². The highest BCUT2D eigenvalue weighted by Crippen LogP contribution is 2.22. The summed E-state index contributed by atoms with van der Waals surface area (Å²) in [4.78, 5) is 33.4. The monoisotopic (exact) mass is 272 g/mol. The van der Waals surface area contributed by atoms with E-state index >= 15 is 0 Å². The fourth-order valence-electron chi connectivity index (χ4n) is 1.82. The van der Waals surface area contributed by atoms with E-state index in [1.54, 1.807) is 38.3 Å². The minimum absolute atomic E-state index is 0.0775. The maximum absolute atomic E-state index is 12.0. The number of hydrogen-bond acceptors (Lipinski definition) is 4. The lowest BCUT2D eigenvalue weighted by atomic mass is 10.1. The molecule has 1 aliphatic heterocycles. The van der Waals surface area contributed by atoms with Gasteiger partial charge in [0.25, 0.3) is 11.8 Å². The quantitative estimate of drug-likeness (QED) is 0.787. The molecule has 5 heteroatoms. The molecule has 1 aliphatic rings. The number of allylic oxidation sites excluding steroid dienone is 1. The van der Waals surface area contributed by atoms with Crippen LogP contribution in [0.4, 0.5) is 0 Å². The molecule has 104 valence electrons. The van der Waals surface area contributed by atoms with E-state index in [1.165, 1.54) is 0 Å². The number of carbonyl (C=O) groups excluding carboxylic acids is 2. The van der Waals surface area contributed by atoms with E-state index in [0.29, 0.717) is 16.8 Å². The predicted molar refractivity (Wildman–Crippen MR) is 73.1 cm³/mol. The summed E-state index contributed by atoms with van der Waals surface area (Å²) in [5, 5.41) is 0.798. The third-order valence-corrected chi connectivity index (χ3v) is 2.97. The van der Waals surface area contributed by atoms with Crippen molar-refractivity contribution in [2.45, 2.75) is 27.4 Å². The number of hydroxylamine groups is 2. The minimum Gasteiger partial charge on any atom is -0.267 e. The van der Waals surface area contributed by atoms with Gasteiger partial charge < -0.3 is 0 Å². The van der Waals surface area contributed by atoms with E-state index in [0.717, 1.165) is 10.6 Å². The first kappa shape index (κ1) is 14.1. The normalized spacial score (nSPS) is 15.8. The van der Waals surface area contributed by atoms with Gasteiger partial charge >= 0.3 is 0 Å². The van der Waals surface area contributed by atoms with Crippen LogP contribution in [-0.4, -0.2) is 21.9 Å². The predicted octanol–water partition coefficient (Wildman–Crippen LogP) is 2.08. The van der Waals surface area contributed by atoms with E-state index in [2.05, 4.69) is 4.98 Å². The lowest BCUT2D eigenvalue weighted by Gasteiger charge is -2.13. The molecular formula is C15H16N2O3. The number of aromatic nitrogens is 1. The Kier molecular flexibility index (Phi) is 4.10. The maximum atomic E-state index is 12.0. The molecule has 0 fully saturated rings. The molecule has 20 heavy (non-hydrogen) atoms. The van der Waals surface area contributed by atoms with Crippen molar-refractivity contribution < 1.29 is 14.4 Å². The fraction of sp³-hybridized carbons (Fsp3) is 0.267. The first-order valence-corrected chi connectivity index (χ1v) is 6.31. The van der Waals surface area contributed by atoms with E-state index in [1.807, 2.05) is 13.0 Å². The zero-order chi connectivity index (χ0) is 14.7. The average Bonchev–Trinajstić information content (AvgIpc) is 2.63. The first-order valence-electron chi connectivity index (χ1n) is 6.31. The maximum Gasteiger partial charge on any atom is 0.285 e.